The Bertz CT molecular complexity index is 957. The number of benzene rings is 1. The summed E-state index contributed by atoms with van der Waals surface area (Å²) in [6, 6.07) is 10.9. The third-order valence-corrected chi connectivity index (χ3v) is 5.80. The van der Waals surface area contributed by atoms with Gasteiger partial charge in [0.15, 0.2) is 0 Å². The van der Waals surface area contributed by atoms with E-state index in [1.165, 1.54) is 23.3 Å². The number of carbonyl (C=O) groups is 1. The predicted octanol–water partition coefficient (Wildman–Crippen LogP) is 1.93. The Labute approximate surface area is 183 Å². The normalized spacial score (nSPS) is 19.3. The first-order chi connectivity index (χ1) is 14.9. The van der Waals surface area contributed by atoms with Gasteiger partial charge >= 0.3 is 5.69 Å². The van der Waals surface area contributed by atoms with Crippen LogP contribution in [0.4, 0.5) is 0 Å². The van der Waals surface area contributed by atoms with Gasteiger partial charge in [-0.1, -0.05) is 44.2 Å². The van der Waals surface area contributed by atoms with Crippen LogP contribution in [0.3, 0.4) is 0 Å². The maximum atomic E-state index is 12.7. The van der Waals surface area contributed by atoms with E-state index in [1.807, 2.05) is 30.3 Å². The third-order valence-electron chi connectivity index (χ3n) is 5.80. The number of nitrogens with one attached hydrogen (secondary N) is 1. The maximum Gasteiger partial charge on any atom is 0.331 e. The molecule has 1 amide bonds. The SMILES string of the molecule is CC1CC(C)CN(CCCCNC(=O)Cn2c(=O)ccn(Cc3ccccc3)c2=O)C1. The minimum Gasteiger partial charge on any atom is -0.355 e. The first-order valence-electron chi connectivity index (χ1n) is 11.3. The van der Waals surface area contributed by atoms with Gasteiger partial charge in [0.25, 0.3) is 5.56 Å². The molecule has 3 rings (SSSR count). The van der Waals surface area contributed by atoms with Gasteiger partial charge in [-0.2, -0.15) is 0 Å². The molecule has 0 aliphatic carbocycles. The lowest BCUT2D eigenvalue weighted by Gasteiger charge is -2.34. The van der Waals surface area contributed by atoms with Gasteiger partial charge in [0.05, 0.1) is 6.54 Å². The molecule has 2 heterocycles. The largest absolute Gasteiger partial charge is 0.355 e. The van der Waals surface area contributed by atoms with Crippen LogP contribution in [0.15, 0.2) is 52.2 Å². The second-order valence-electron chi connectivity index (χ2n) is 8.90. The van der Waals surface area contributed by atoms with Gasteiger partial charge in [0.2, 0.25) is 5.91 Å². The highest BCUT2D eigenvalue weighted by Gasteiger charge is 2.21. The Balaban J connectivity index is 1.46. The van der Waals surface area contributed by atoms with E-state index < -0.39 is 11.2 Å². The summed E-state index contributed by atoms with van der Waals surface area (Å²) in [6.45, 7) is 8.63. The summed E-state index contributed by atoms with van der Waals surface area (Å²) in [7, 11) is 0. The summed E-state index contributed by atoms with van der Waals surface area (Å²) in [5.74, 6) is 1.19. The monoisotopic (exact) mass is 426 g/mol. The number of likely N-dealkylation sites (tertiary alicyclic amines) is 1. The van der Waals surface area contributed by atoms with Gasteiger partial charge in [-0.25, -0.2) is 4.79 Å². The minimum atomic E-state index is -0.472. The molecule has 1 aromatic heterocycles. The number of rotatable bonds is 9. The van der Waals surface area contributed by atoms with Gasteiger partial charge < -0.3 is 10.2 Å². The third kappa shape index (κ3) is 6.92. The van der Waals surface area contributed by atoms with Gasteiger partial charge in [0, 0.05) is 31.9 Å². The molecule has 1 aliphatic heterocycles. The molecule has 0 spiro atoms. The second-order valence-corrected chi connectivity index (χ2v) is 8.90. The molecule has 31 heavy (non-hydrogen) atoms. The molecule has 1 saturated heterocycles. The lowest BCUT2D eigenvalue weighted by atomic mass is 9.92. The first kappa shape index (κ1) is 23.0. The Hall–Kier alpha value is -2.67. The number of unbranched alkanes of at least 4 members (excludes halogenated alkanes) is 1. The van der Waals surface area contributed by atoms with Crippen molar-refractivity contribution in [2.45, 2.75) is 46.2 Å². The summed E-state index contributed by atoms with van der Waals surface area (Å²) in [6.07, 6.45) is 4.69. The summed E-state index contributed by atoms with van der Waals surface area (Å²) < 4.78 is 2.44. The smallest absolute Gasteiger partial charge is 0.331 e. The van der Waals surface area contributed by atoms with Gasteiger partial charge in [-0.15, -0.1) is 0 Å². The Morgan fingerprint density at radius 2 is 1.74 bits per heavy atom. The van der Waals surface area contributed by atoms with E-state index in [0.717, 1.165) is 54.4 Å². The van der Waals surface area contributed by atoms with Crippen LogP contribution in [0.2, 0.25) is 0 Å². The molecule has 0 radical (unpaired) electrons. The average molecular weight is 427 g/mol. The minimum absolute atomic E-state index is 0.256. The molecule has 2 atom stereocenters. The van der Waals surface area contributed by atoms with Crippen molar-refractivity contribution in [3.05, 3.63) is 69.0 Å². The van der Waals surface area contributed by atoms with Crippen LogP contribution in [0.1, 0.15) is 38.7 Å². The number of hydrogen-bond acceptors (Lipinski definition) is 4. The standard InChI is InChI=1S/C24H34N4O3/c1-19-14-20(2)16-26(15-19)12-7-6-11-25-22(29)18-28-23(30)10-13-27(24(28)31)17-21-8-4-3-5-9-21/h3-5,8-10,13,19-20H,6-7,11-12,14-18H2,1-2H3,(H,25,29). The van der Waals surface area contributed by atoms with Crippen LogP contribution >= 0.6 is 0 Å². The zero-order chi connectivity index (χ0) is 22.2. The molecule has 1 aromatic carbocycles. The van der Waals surface area contributed by atoms with Crippen molar-refractivity contribution >= 4 is 5.91 Å². The first-order valence-corrected chi connectivity index (χ1v) is 11.3. The van der Waals surface area contributed by atoms with Crippen LogP contribution in [0, 0.1) is 11.8 Å². The Morgan fingerprint density at radius 3 is 2.45 bits per heavy atom. The topological polar surface area (TPSA) is 76.3 Å². The van der Waals surface area contributed by atoms with Crippen LogP contribution < -0.4 is 16.6 Å². The van der Waals surface area contributed by atoms with Crippen LogP contribution in [0.5, 0.6) is 0 Å². The number of piperidine rings is 1. The van der Waals surface area contributed by atoms with E-state index in [9.17, 15) is 14.4 Å². The molecule has 7 heteroatoms. The molecule has 2 aromatic rings. The highest BCUT2D eigenvalue weighted by atomic mass is 16.2. The predicted molar refractivity (Wildman–Crippen MR) is 122 cm³/mol. The van der Waals surface area contributed by atoms with E-state index in [1.54, 1.807) is 0 Å². The highest BCUT2D eigenvalue weighted by Crippen LogP contribution is 2.20. The molecule has 0 saturated carbocycles. The average Bonchev–Trinajstić information content (AvgIpc) is 2.73. The van der Waals surface area contributed by atoms with E-state index in [4.69, 9.17) is 0 Å². The fraction of sp³-hybridized carbons (Fsp3) is 0.542. The number of nitrogens with zero attached hydrogens (tertiary/aromatic N) is 3. The number of amides is 1. The van der Waals surface area contributed by atoms with E-state index in [2.05, 4.69) is 24.1 Å². The molecule has 7 nitrogen and oxygen atoms in total. The van der Waals surface area contributed by atoms with Crippen LogP contribution in [0.25, 0.3) is 0 Å². The molecule has 1 N–H and O–H groups in total. The van der Waals surface area contributed by atoms with Crippen molar-refractivity contribution in [1.82, 2.24) is 19.4 Å². The Morgan fingerprint density at radius 1 is 1.03 bits per heavy atom. The zero-order valence-corrected chi connectivity index (χ0v) is 18.6. The fourth-order valence-corrected chi connectivity index (χ4v) is 4.47. The molecule has 2 unspecified atom stereocenters. The van der Waals surface area contributed by atoms with Crippen molar-refractivity contribution in [3.63, 3.8) is 0 Å². The van der Waals surface area contributed by atoms with Crippen molar-refractivity contribution in [3.8, 4) is 0 Å². The number of aromatic nitrogens is 2. The number of carbonyl (C=O) groups excluding carboxylic acids is 1. The van der Waals surface area contributed by atoms with Crippen molar-refractivity contribution in [2.24, 2.45) is 11.8 Å². The van der Waals surface area contributed by atoms with E-state index >= 15 is 0 Å². The fourth-order valence-electron chi connectivity index (χ4n) is 4.47. The van der Waals surface area contributed by atoms with E-state index in [0.29, 0.717) is 13.1 Å². The summed E-state index contributed by atoms with van der Waals surface area (Å²) in [5.41, 5.74) is 0.0226. The molecule has 168 valence electrons. The number of hydrogen-bond donors (Lipinski definition) is 1. The highest BCUT2D eigenvalue weighted by molar-refractivity contribution is 5.75. The van der Waals surface area contributed by atoms with Crippen molar-refractivity contribution in [1.29, 1.82) is 0 Å². The van der Waals surface area contributed by atoms with Crippen molar-refractivity contribution < 1.29 is 4.79 Å². The van der Waals surface area contributed by atoms with Gasteiger partial charge in [-0.05, 0) is 43.2 Å². The second kappa shape index (κ2) is 11.1. The van der Waals surface area contributed by atoms with Crippen LogP contribution in [-0.2, 0) is 17.9 Å². The molecule has 1 aliphatic rings. The zero-order valence-electron chi connectivity index (χ0n) is 18.6. The Kier molecular flexibility index (Phi) is 8.23. The maximum absolute atomic E-state index is 12.7. The quantitative estimate of drug-likeness (QED) is 0.622. The van der Waals surface area contributed by atoms with Crippen LogP contribution in [-0.4, -0.2) is 46.1 Å². The molecular weight excluding hydrogens is 392 g/mol. The molecule has 1 fully saturated rings. The lowest BCUT2D eigenvalue weighted by Crippen LogP contribution is -2.43. The van der Waals surface area contributed by atoms with Crippen molar-refractivity contribution in [2.75, 3.05) is 26.2 Å². The lowest BCUT2D eigenvalue weighted by molar-refractivity contribution is -0.121. The van der Waals surface area contributed by atoms with Gasteiger partial charge in [-0.3, -0.25) is 18.7 Å². The molecular formula is C24H34N4O3. The van der Waals surface area contributed by atoms with E-state index in [-0.39, 0.29) is 12.5 Å². The molecule has 0 bridgehead atoms. The summed E-state index contributed by atoms with van der Waals surface area (Å²) in [4.78, 5) is 39.6. The van der Waals surface area contributed by atoms with Gasteiger partial charge in [0.1, 0.15) is 6.54 Å². The summed E-state index contributed by atoms with van der Waals surface area (Å²) >= 11 is 0. The summed E-state index contributed by atoms with van der Waals surface area (Å²) in [5, 5.41) is 2.84.